The SMILES string of the molecule is CCNCc1cccc(Cl)c1N1CC(=O)NC(=O)C1C. The Morgan fingerprint density at radius 2 is 2.20 bits per heavy atom. The van der Waals surface area contributed by atoms with Crippen LogP contribution in [0.2, 0.25) is 5.02 Å². The number of imide groups is 1. The van der Waals surface area contributed by atoms with Gasteiger partial charge in [0.05, 0.1) is 17.3 Å². The average Bonchev–Trinajstić information content (AvgIpc) is 2.41. The van der Waals surface area contributed by atoms with Gasteiger partial charge in [0, 0.05) is 6.54 Å². The zero-order valence-electron chi connectivity index (χ0n) is 11.6. The lowest BCUT2D eigenvalue weighted by Gasteiger charge is -2.35. The third-order valence-corrected chi connectivity index (χ3v) is 3.65. The highest BCUT2D eigenvalue weighted by Gasteiger charge is 2.32. The summed E-state index contributed by atoms with van der Waals surface area (Å²) in [5, 5.41) is 6.12. The van der Waals surface area contributed by atoms with Crippen molar-refractivity contribution >= 4 is 29.1 Å². The Morgan fingerprint density at radius 3 is 2.90 bits per heavy atom. The molecule has 2 N–H and O–H groups in total. The molecule has 0 saturated carbocycles. The van der Waals surface area contributed by atoms with Crippen molar-refractivity contribution in [2.24, 2.45) is 0 Å². The van der Waals surface area contributed by atoms with Crippen molar-refractivity contribution in [2.75, 3.05) is 18.0 Å². The first-order valence-electron chi connectivity index (χ1n) is 6.63. The molecule has 1 aromatic rings. The molecule has 2 amide bonds. The molecule has 1 heterocycles. The molecule has 0 spiro atoms. The molecule has 0 aliphatic carbocycles. The monoisotopic (exact) mass is 295 g/mol. The van der Waals surface area contributed by atoms with Gasteiger partial charge in [-0.25, -0.2) is 0 Å². The van der Waals surface area contributed by atoms with Gasteiger partial charge in [-0.05, 0) is 25.1 Å². The first-order valence-corrected chi connectivity index (χ1v) is 7.00. The number of anilines is 1. The molecule has 1 aromatic carbocycles. The van der Waals surface area contributed by atoms with Gasteiger partial charge in [0.1, 0.15) is 6.04 Å². The van der Waals surface area contributed by atoms with E-state index in [4.69, 9.17) is 11.6 Å². The first-order chi connectivity index (χ1) is 9.54. The molecule has 1 unspecified atom stereocenters. The molecular formula is C14H18ClN3O2. The molecule has 0 aromatic heterocycles. The molecule has 1 atom stereocenters. The van der Waals surface area contributed by atoms with E-state index >= 15 is 0 Å². The second-order valence-corrected chi connectivity index (χ2v) is 5.15. The van der Waals surface area contributed by atoms with Gasteiger partial charge in [-0.3, -0.25) is 14.9 Å². The highest BCUT2D eigenvalue weighted by molar-refractivity contribution is 6.33. The number of halogens is 1. The normalized spacial score (nSPS) is 19.1. The van der Waals surface area contributed by atoms with Gasteiger partial charge in [0.2, 0.25) is 11.8 Å². The lowest BCUT2D eigenvalue weighted by molar-refractivity contribution is -0.132. The number of piperazine rings is 1. The molecule has 1 fully saturated rings. The molecular weight excluding hydrogens is 278 g/mol. The number of nitrogens with one attached hydrogen (secondary N) is 2. The Balaban J connectivity index is 2.39. The van der Waals surface area contributed by atoms with Crippen LogP contribution in [0.1, 0.15) is 19.4 Å². The highest BCUT2D eigenvalue weighted by Crippen LogP contribution is 2.32. The van der Waals surface area contributed by atoms with Gasteiger partial charge in [-0.2, -0.15) is 0 Å². The number of para-hydroxylation sites is 1. The second kappa shape index (κ2) is 6.24. The van der Waals surface area contributed by atoms with Crippen LogP contribution in [0.4, 0.5) is 5.69 Å². The largest absolute Gasteiger partial charge is 0.349 e. The number of amides is 2. The Labute approximate surface area is 123 Å². The maximum atomic E-state index is 11.8. The van der Waals surface area contributed by atoms with Crippen molar-refractivity contribution < 1.29 is 9.59 Å². The summed E-state index contributed by atoms with van der Waals surface area (Å²) >= 11 is 6.29. The Hall–Kier alpha value is -1.59. The Morgan fingerprint density at radius 1 is 1.45 bits per heavy atom. The average molecular weight is 296 g/mol. The molecule has 1 saturated heterocycles. The van der Waals surface area contributed by atoms with Crippen molar-refractivity contribution in [1.29, 1.82) is 0 Å². The quantitative estimate of drug-likeness (QED) is 0.822. The fourth-order valence-electron chi connectivity index (χ4n) is 2.27. The smallest absolute Gasteiger partial charge is 0.249 e. The number of hydrogen-bond acceptors (Lipinski definition) is 4. The predicted molar refractivity (Wildman–Crippen MR) is 78.8 cm³/mol. The first kappa shape index (κ1) is 14.8. The summed E-state index contributed by atoms with van der Waals surface area (Å²) in [7, 11) is 0. The fraction of sp³-hybridized carbons (Fsp3) is 0.429. The van der Waals surface area contributed by atoms with Gasteiger partial charge < -0.3 is 10.2 Å². The third kappa shape index (κ3) is 2.94. The van der Waals surface area contributed by atoms with Crippen molar-refractivity contribution in [1.82, 2.24) is 10.6 Å². The summed E-state index contributed by atoms with van der Waals surface area (Å²) in [6.07, 6.45) is 0. The van der Waals surface area contributed by atoms with E-state index in [9.17, 15) is 9.59 Å². The number of benzene rings is 1. The van der Waals surface area contributed by atoms with Crippen molar-refractivity contribution in [3.8, 4) is 0 Å². The zero-order valence-corrected chi connectivity index (χ0v) is 12.3. The molecule has 2 rings (SSSR count). The highest BCUT2D eigenvalue weighted by atomic mass is 35.5. The van der Waals surface area contributed by atoms with Crippen LogP contribution in [-0.4, -0.2) is 30.9 Å². The van der Waals surface area contributed by atoms with E-state index in [1.807, 2.05) is 19.1 Å². The summed E-state index contributed by atoms with van der Waals surface area (Å²) in [5.41, 5.74) is 1.74. The minimum Gasteiger partial charge on any atom is -0.349 e. The van der Waals surface area contributed by atoms with Crippen LogP contribution in [-0.2, 0) is 16.1 Å². The maximum absolute atomic E-state index is 11.8. The molecule has 0 bridgehead atoms. The summed E-state index contributed by atoms with van der Waals surface area (Å²) in [4.78, 5) is 25.2. The molecule has 108 valence electrons. The molecule has 6 heteroatoms. The zero-order chi connectivity index (χ0) is 14.7. The van der Waals surface area contributed by atoms with E-state index in [-0.39, 0.29) is 18.4 Å². The van der Waals surface area contributed by atoms with Crippen LogP contribution < -0.4 is 15.5 Å². The summed E-state index contributed by atoms with van der Waals surface area (Å²) < 4.78 is 0. The Kier molecular flexibility index (Phi) is 4.62. The van der Waals surface area contributed by atoms with Crippen LogP contribution in [0.5, 0.6) is 0 Å². The predicted octanol–water partition coefficient (Wildman–Crippen LogP) is 1.30. The van der Waals surface area contributed by atoms with E-state index in [0.29, 0.717) is 11.6 Å². The van der Waals surface area contributed by atoms with Gasteiger partial charge in [0.25, 0.3) is 0 Å². The van der Waals surface area contributed by atoms with Crippen molar-refractivity contribution in [3.63, 3.8) is 0 Å². The Bertz CT molecular complexity index is 533. The minimum absolute atomic E-state index is 0.135. The molecule has 1 aliphatic rings. The number of carbonyl (C=O) groups excluding carboxylic acids is 2. The number of nitrogens with zero attached hydrogens (tertiary/aromatic N) is 1. The van der Waals surface area contributed by atoms with Crippen LogP contribution in [0, 0.1) is 0 Å². The molecule has 20 heavy (non-hydrogen) atoms. The summed E-state index contributed by atoms with van der Waals surface area (Å²) in [6.45, 7) is 5.40. The lowest BCUT2D eigenvalue weighted by Crippen LogP contribution is -2.57. The maximum Gasteiger partial charge on any atom is 0.249 e. The van der Waals surface area contributed by atoms with Gasteiger partial charge in [0.15, 0.2) is 0 Å². The van der Waals surface area contributed by atoms with Crippen molar-refractivity contribution in [2.45, 2.75) is 26.4 Å². The fourth-order valence-corrected chi connectivity index (χ4v) is 2.57. The number of carbonyl (C=O) groups is 2. The number of rotatable bonds is 4. The standard InChI is InChI=1S/C14H18ClN3O2/c1-3-16-7-10-5-4-6-11(15)13(10)18-8-12(19)17-14(20)9(18)2/h4-6,9,16H,3,7-8H2,1-2H3,(H,17,19,20). The van der Waals surface area contributed by atoms with E-state index in [1.54, 1.807) is 17.9 Å². The van der Waals surface area contributed by atoms with E-state index in [2.05, 4.69) is 10.6 Å². The lowest BCUT2D eigenvalue weighted by atomic mass is 10.1. The van der Waals surface area contributed by atoms with Crippen LogP contribution in [0.3, 0.4) is 0 Å². The molecule has 5 nitrogen and oxygen atoms in total. The van der Waals surface area contributed by atoms with Gasteiger partial charge >= 0.3 is 0 Å². The summed E-state index contributed by atoms with van der Waals surface area (Å²) in [5.74, 6) is -0.599. The molecule has 1 aliphatic heterocycles. The van der Waals surface area contributed by atoms with Crippen LogP contribution >= 0.6 is 11.6 Å². The van der Waals surface area contributed by atoms with E-state index in [0.717, 1.165) is 17.8 Å². The van der Waals surface area contributed by atoms with Gasteiger partial charge in [-0.15, -0.1) is 0 Å². The van der Waals surface area contributed by atoms with E-state index < -0.39 is 6.04 Å². The van der Waals surface area contributed by atoms with Crippen molar-refractivity contribution in [3.05, 3.63) is 28.8 Å². The van der Waals surface area contributed by atoms with Gasteiger partial charge in [-0.1, -0.05) is 30.7 Å². The molecule has 0 radical (unpaired) electrons. The van der Waals surface area contributed by atoms with Crippen LogP contribution in [0.15, 0.2) is 18.2 Å². The summed E-state index contributed by atoms with van der Waals surface area (Å²) in [6, 6.07) is 5.17. The third-order valence-electron chi connectivity index (χ3n) is 3.35. The second-order valence-electron chi connectivity index (χ2n) is 4.74. The number of hydrogen-bond donors (Lipinski definition) is 2. The van der Waals surface area contributed by atoms with E-state index in [1.165, 1.54) is 0 Å². The minimum atomic E-state index is -0.423. The van der Waals surface area contributed by atoms with Crippen LogP contribution in [0.25, 0.3) is 0 Å². The topological polar surface area (TPSA) is 61.4 Å².